The Labute approximate surface area is 479 Å². The predicted molar refractivity (Wildman–Crippen MR) is 335 cm³/mol. The van der Waals surface area contributed by atoms with E-state index in [1.54, 1.807) is 0 Å². The highest BCUT2D eigenvalue weighted by Gasteiger charge is 2.19. The van der Waals surface area contributed by atoms with Gasteiger partial charge >= 0.3 is 17.9 Å². The number of hydrogen-bond donors (Lipinski definition) is 0. The van der Waals surface area contributed by atoms with Gasteiger partial charge in [0.1, 0.15) is 13.2 Å². The Bertz CT molecular complexity index is 1330. The van der Waals surface area contributed by atoms with Crippen molar-refractivity contribution in [2.24, 2.45) is 0 Å². The quantitative estimate of drug-likeness (QED) is 0.0261. The van der Waals surface area contributed by atoms with Crippen LogP contribution in [0.4, 0.5) is 0 Å². The van der Waals surface area contributed by atoms with Crippen molar-refractivity contribution in [3.05, 3.63) is 48.6 Å². The van der Waals surface area contributed by atoms with Gasteiger partial charge < -0.3 is 14.2 Å². The summed E-state index contributed by atoms with van der Waals surface area (Å²) in [7, 11) is 0. The summed E-state index contributed by atoms with van der Waals surface area (Å²) in [6, 6.07) is 0. The van der Waals surface area contributed by atoms with Crippen LogP contribution in [0.1, 0.15) is 367 Å². The van der Waals surface area contributed by atoms with Crippen LogP contribution in [-0.4, -0.2) is 37.2 Å². The minimum atomic E-state index is -0.772. The smallest absolute Gasteiger partial charge is 0.306 e. The average molecular weight is 1080 g/mol. The standard InChI is InChI=1S/C71H130O6/c1-4-7-10-13-16-19-21-23-25-27-29-31-33-34-35-36-37-39-40-42-44-46-48-50-52-55-58-61-64-70(73)76-67-68(66-75-69(72)63-60-57-54-18-15-12-9-6-3)77-71(74)65-62-59-56-53-51-49-47-45-43-41-38-32-30-28-26-24-22-20-17-14-11-8-5-2/h8,11,17,20,24,26,30,32,68H,4-7,9-10,12-16,18-19,21-23,25,27-29,31,33-67H2,1-3H3/b11-8-,20-17-,26-24-,32-30-. The van der Waals surface area contributed by atoms with Crippen molar-refractivity contribution < 1.29 is 28.6 Å². The van der Waals surface area contributed by atoms with E-state index in [1.165, 1.54) is 244 Å². The molecule has 6 heteroatoms. The van der Waals surface area contributed by atoms with Crippen LogP contribution in [0.5, 0.6) is 0 Å². The maximum atomic E-state index is 12.9. The van der Waals surface area contributed by atoms with E-state index in [1.807, 2.05) is 0 Å². The molecular weight excluding hydrogens is 949 g/mol. The molecule has 1 unspecified atom stereocenters. The summed E-state index contributed by atoms with van der Waals surface area (Å²) < 4.78 is 16.9. The Morgan fingerprint density at radius 3 is 0.792 bits per heavy atom. The number of rotatable bonds is 63. The van der Waals surface area contributed by atoms with Crippen LogP contribution in [0, 0.1) is 0 Å². The van der Waals surface area contributed by atoms with Gasteiger partial charge in [-0.15, -0.1) is 0 Å². The fourth-order valence-corrected chi connectivity index (χ4v) is 10.3. The monoisotopic (exact) mass is 1080 g/mol. The molecule has 0 heterocycles. The highest BCUT2D eigenvalue weighted by Crippen LogP contribution is 2.18. The lowest BCUT2D eigenvalue weighted by molar-refractivity contribution is -0.167. The number of carbonyl (C=O) groups excluding carboxylic acids is 3. The number of esters is 3. The van der Waals surface area contributed by atoms with Gasteiger partial charge in [-0.25, -0.2) is 0 Å². The number of unbranched alkanes of at least 4 members (excludes halogenated alkanes) is 44. The van der Waals surface area contributed by atoms with Crippen LogP contribution in [0.25, 0.3) is 0 Å². The topological polar surface area (TPSA) is 78.9 Å². The van der Waals surface area contributed by atoms with Gasteiger partial charge in [0, 0.05) is 19.3 Å². The highest BCUT2D eigenvalue weighted by atomic mass is 16.6. The fourth-order valence-electron chi connectivity index (χ4n) is 10.3. The largest absolute Gasteiger partial charge is 0.462 e. The van der Waals surface area contributed by atoms with Crippen molar-refractivity contribution in [1.29, 1.82) is 0 Å². The Balaban J connectivity index is 4.08. The zero-order chi connectivity index (χ0) is 55.7. The third kappa shape index (κ3) is 64.1. The molecule has 0 saturated carbocycles. The highest BCUT2D eigenvalue weighted by molar-refractivity contribution is 5.71. The molecule has 0 bridgehead atoms. The van der Waals surface area contributed by atoms with E-state index in [4.69, 9.17) is 14.2 Å². The molecule has 0 rings (SSSR count). The van der Waals surface area contributed by atoms with Crippen LogP contribution in [0.15, 0.2) is 48.6 Å². The van der Waals surface area contributed by atoms with Gasteiger partial charge in [-0.3, -0.25) is 14.4 Å². The lowest BCUT2D eigenvalue weighted by Gasteiger charge is -2.18. The normalized spacial score (nSPS) is 12.3. The molecule has 1 atom stereocenters. The van der Waals surface area contributed by atoms with Crippen LogP contribution in [0.3, 0.4) is 0 Å². The SMILES string of the molecule is CC/C=C\C/C=C\C/C=C\C/C=C\CCCCCCCCCCCCC(=O)OC(COC(=O)CCCCCCCCCC)COC(=O)CCCCCCCCCCCCCCCCCCCCCCCCCCCCCC. The predicted octanol–water partition coefficient (Wildman–Crippen LogP) is 23.3. The van der Waals surface area contributed by atoms with Crippen molar-refractivity contribution >= 4 is 17.9 Å². The second kappa shape index (κ2) is 65.9. The molecular formula is C71H130O6. The Morgan fingerprint density at radius 1 is 0.273 bits per heavy atom. The summed E-state index contributed by atoms with van der Waals surface area (Å²) in [6.07, 6.45) is 83.0. The summed E-state index contributed by atoms with van der Waals surface area (Å²) >= 11 is 0. The number of allylic oxidation sites excluding steroid dienone is 8. The van der Waals surface area contributed by atoms with E-state index >= 15 is 0 Å². The third-order valence-electron chi connectivity index (χ3n) is 15.3. The molecule has 0 fully saturated rings. The maximum Gasteiger partial charge on any atom is 0.306 e. The minimum Gasteiger partial charge on any atom is -0.462 e. The molecule has 0 aromatic heterocycles. The first kappa shape index (κ1) is 74.4. The van der Waals surface area contributed by atoms with Gasteiger partial charge in [-0.05, 0) is 57.8 Å². The molecule has 450 valence electrons. The second-order valence-electron chi connectivity index (χ2n) is 23.1. The number of hydrogen-bond acceptors (Lipinski definition) is 6. The first-order valence-corrected chi connectivity index (χ1v) is 34.1. The number of carbonyl (C=O) groups is 3. The van der Waals surface area contributed by atoms with Gasteiger partial charge in [0.05, 0.1) is 0 Å². The first-order chi connectivity index (χ1) is 38.0. The lowest BCUT2D eigenvalue weighted by atomic mass is 10.0. The summed E-state index contributed by atoms with van der Waals surface area (Å²) in [6.45, 7) is 6.56. The van der Waals surface area contributed by atoms with Crippen LogP contribution in [0.2, 0.25) is 0 Å². The molecule has 6 nitrogen and oxygen atoms in total. The van der Waals surface area contributed by atoms with Crippen molar-refractivity contribution in [2.45, 2.75) is 374 Å². The first-order valence-electron chi connectivity index (χ1n) is 34.1. The van der Waals surface area contributed by atoms with Crippen LogP contribution in [-0.2, 0) is 28.6 Å². The van der Waals surface area contributed by atoms with Crippen molar-refractivity contribution in [3.8, 4) is 0 Å². The zero-order valence-electron chi connectivity index (χ0n) is 51.7. The lowest BCUT2D eigenvalue weighted by Crippen LogP contribution is -2.30. The Morgan fingerprint density at radius 2 is 0.506 bits per heavy atom. The van der Waals surface area contributed by atoms with Gasteiger partial charge in [0.25, 0.3) is 0 Å². The third-order valence-corrected chi connectivity index (χ3v) is 15.3. The Kier molecular flexibility index (Phi) is 63.6. The van der Waals surface area contributed by atoms with E-state index in [9.17, 15) is 14.4 Å². The van der Waals surface area contributed by atoms with Gasteiger partial charge in [-0.1, -0.05) is 339 Å². The van der Waals surface area contributed by atoms with Crippen molar-refractivity contribution in [2.75, 3.05) is 13.2 Å². The van der Waals surface area contributed by atoms with Gasteiger partial charge in [0.15, 0.2) is 6.10 Å². The van der Waals surface area contributed by atoms with E-state index < -0.39 is 6.10 Å². The van der Waals surface area contributed by atoms with E-state index in [-0.39, 0.29) is 31.1 Å². The zero-order valence-corrected chi connectivity index (χ0v) is 51.7. The second-order valence-corrected chi connectivity index (χ2v) is 23.1. The van der Waals surface area contributed by atoms with E-state index in [0.717, 1.165) is 83.5 Å². The van der Waals surface area contributed by atoms with E-state index in [2.05, 4.69) is 69.4 Å². The molecule has 0 aromatic rings. The van der Waals surface area contributed by atoms with Gasteiger partial charge in [-0.2, -0.15) is 0 Å². The van der Waals surface area contributed by atoms with Crippen molar-refractivity contribution in [1.82, 2.24) is 0 Å². The molecule has 0 aliphatic rings. The average Bonchev–Trinajstić information content (AvgIpc) is 3.43. The molecule has 77 heavy (non-hydrogen) atoms. The molecule has 0 saturated heterocycles. The molecule has 0 aliphatic heterocycles. The molecule has 0 radical (unpaired) electrons. The summed E-state index contributed by atoms with van der Waals surface area (Å²) in [5, 5.41) is 0. The van der Waals surface area contributed by atoms with E-state index in [0.29, 0.717) is 19.3 Å². The molecule has 0 aromatic carbocycles. The molecule has 0 spiro atoms. The number of ether oxygens (including phenoxy) is 3. The molecule has 0 aliphatic carbocycles. The summed E-state index contributed by atoms with van der Waals surface area (Å²) in [5.41, 5.74) is 0. The van der Waals surface area contributed by atoms with Crippen LogP contribution < -0.4 is 0 Å². The van der Waals surface area contributed by atoms with Crippen LogP contribution >= 0.6 is 0 Å². The molecule has 0 N–H and O–H groups in total. The van der Waals surface area contributed by atoms with Gasteiger partial charge in [0.2, 0.25) is 0 Å². The Hall–Kier alpha value is -2.63. The molecule has 0 amide bonds. The maximum absolute atomic E-state index is 12.9. The van der Waals surface area contributed by atoms with Crippen molar-refractivity contribution in [3.63, 3.8) is 0 Å². The minimum absolute atomic E-state index is 0.0699. The summed E-state index contributed by atoms with van der Waals surface area (Å²) in [4.78, 5) is 38.2. The fraction of sp³-hybridized carbons (Fsp3) is 0.845. The summed E-state index contributed by atoms with van der Waals surface area (Å²) in [5.74, 6) is -0.856.